The highest BCUT2D eigenvalue weighted by Crippen LogP contribution is 2.26. The third kappa shape index (κ3) is 8.64. The lowest BCUT2D eigenvalue weighted by molar-refractivity contribution is -0.141. The first-order chi connectivity index (χ1) is 19.3. The van der Waals surface area contributed by atoms with Crippen LogP contribution in [0.15, 0.2) is 83.8 Å². The van der Waals surface area contributed by atoms with E-state index in [1.807, 2.05) is 42.5 Å². The van der Waals surface area contributed by atoms with Gasteiger partial charge in [-0.05, 0) is 53.8 Å². The standard InChI is InChI=1S/C30H37N3O6S/c1-3-32-40(37,38)27-17-12-23(13-18-27)14-19-28(35)33(22-24-10-15-26(39-2)16-11-24)29(25-8-5-4-6-9-25)30(36)31-20-7-21-34/h4-6,8-13,15-18,29,32,34H,3,7,14,19-22H2,1-2H3,(H,31,36)/t29-/m0/s1. The van der Waals surface area contributed by atoms with Gasteiger partial charge in [0.25, 0.3) is 0 Å². The summed E-state index contributed by atoms with van der Waals surface area (Å²) in [5.41, 5.74) is 2.30. The lowest BCUT2D eigenvalue weighted by Gasteiger charge is -2.32. The van der Waals surface area contributed by atoms with Crippen LogP contribution in [0.25, 0.3) is 0 Å². The number of methoxy groups -OCH3 is 1. The molecule has 3 aromatic rings. The Balaban J connectivity index is 1.88. The molecule has 3 aromatic carbocycles. The number of hydrogen-bond donors (Lipinski definition) is 3. The van der Waals surface area contributed by atoms with E-state index in [0.717, 1.165) is 11.1 Å². The normalized spacial score (nSPS) is 12.0. The second kappa shape index (κ2) is 15.2. The van der Waals surface area contributed by atoms with E-state index in [4.69, 9.17) is 4.74 Å². The second-order valence-corrected chi connectivity index (χ2v) is 11.0. The Morgan fingerprint density at radius 1 is 0.950 bits per heavy atom. The number of amides is 2. The summed E-state index contributed by atoms with van der Waals surface area (Å²) in [5, 5.41) is 12.0. The molecular weight excluding hydrogens is 530 g/mol. The van der Waals surface area contributed by atoms with Gasteiger partial charge in [-0.25, -0.2) is 13.1 Å². The largest absolute Gasteiger partial charge is 0.497 e. The van der Waals surface area contributed by atoms with E-state index in [-0.39, 0.29) is 42.8 Å². The highest BCUT2D eigenvalue weighted by Gasteiger charge is 2.31. The maximum atomic E-state index is 13.8. The summed E-state index contributed by atoms with van der Waals surface area (Å²) < 4.78 is 32.2. The minimum absolute atomic E-state index is 0.0562. The number of nitrogens with one attached hydrogen (secondary N) is 2. The topological polar surface area (TPSA) is 125 Å². The molecule has 0 heterocycles. The average molecular weight is 568 g/mol. The molecule has 0 spiro atoms. The first kappa shape index (κ1) is 30.8. The lowest BCUT2D eigenvalue weighted by atomic mass is 10.0. The maximum Gasteiger partial charge on any atom is 0.247 e. The Morgan fingerprint density at radius 3 is 2.20 bits per heavy atom. The van der Waals surface area contributed by atoms with Gasteiger partial charge in [-0.2, -0.15) is 0 Å². The Kier molecular flexibility index (Phi) is 11.7. The monoisotopic (exact) mass is 567 g/mol. The van der Waals surface area contributed by atoms with Gasteiger partial charge >= 0.3 is 0 Å². The number of carbonyl (C=O) groups excluding carboxylic acids is 2. The molecule has 3 rings (SSSR count). The van der Waals surface area contributed by atoms with E-state index in [9.17, 15) is 23.1 Å². The van der Waals surface area contributed by atoms with Gasteiger partial charge in [-0.1, -0.05) is 61.5 Å². The number of aliphatic hydroxyl groups is 1. The second-order valence-electron chi connectivity index (χ2n) is 9.20. The van der Waals surface area contributed by atoms with Gasteiger partial charge in [-0.15, -0.1) is 0 Å². The quantitative estimate of drug-likeness (QED) is 0.242. The fourth-order valence-corrected chi connectivity index (χ4v) is 5.29. The molecule has 10 heteroatoms. The predicted octanol–water partition coefficient (Wildman–Crippen LogP) is 3.19. The Bertz CT molecular complexity index is 1330. The number of benzene rings is 3. The van der Waals surface area contributed by atoms with Crippen molar-refractivity contribution in [1.29, 1.82) is 0 Å². The Morgan fingerprint density at radius 2 is 1.60 bits per heavy atom. The maximum absolute atomic E-state index is 13.8. The summed E-state index contributed by atoms with van der Waals surface area (Å²) in [6.45, 7) is 2.42. The third-order valence-electron chi connectivity index (χ3n) is 6.34. The van der Waals surface area contributed by atoms with Gasteiger partial charge in [0.15, 0.2) is 0 Å². The molecule has 9 nitrogen and oxygen atoms in total. The van der Waals surface area contributed by atoms with E-state index in [0.29, 0.717) is 30.7 Å². The fraction of sp³-hybridized carbons (Fsp3) is 0.333. The third-order valence-corrected chi connectivity index (χ3v) is 7.90. The van der Waals surface area contributed by atoms with Crippen molar-refractivity contribution < 1.29 is 27.9 Å². The summed E-state index contributed by atoms with van der Waals surface area (Å²) in [6, 6.07) is 22.0. The van der Waals surface area contributed by atoms with Crippen molar-refractivity contribution in [2.24, 2.45) is 0 Å². The molecule has 1 atom stereocenters. The van der Waals surface area contributed by atoms with Crippen molar-refractivity contribution in [2.75, 3.05) is 26.8 Å². The molecule has 214 valence electrons. The average Bonchev–Trinajstić information content (AvgIpc) is 2.97. The minimum atomic E-state index is -3.57. The van der Waals surface area contributed by atoms with E-state index in [1.165, 1.54) is 12.1 Å². The molecule has 0 saturated carbocycles. The first-order valence-corrected chi connectivity index (χ1v) is 14.7. The molecule has 2 amide bonds. The van der Waals surface area contributed by atoms with Gasteiger partial charge in [0, 0.05) is 32.7 Å². The molecule has 0 aromatic heterocycles. The number of ether oxygens (including phenoxy) is 1. The van der Waals surface area contributed by atoms with Crippen molar-refractivity contribution >= 4 is 21.8 Å². The van der Waals surface area contributed by atoms with Gasteiger partial charge in [-0.3, -0.25) is 9.59 Å². The van der Waals surface area contributed by atoms with Crippen LogP contribution >= 0.6 is 0 Å². The van der Waals surface area contributed by atoms with Crippen molar-refractivity contribution in [2.45, 2.75) is 43.7 Å². The number of carbonyl (C=O) groups is 2. The fourth-order valence-electron chi connectivity index (χ4n) is 4.25. The molecule has 0 unspecified atom stereocenters. The first-order valence-electron chi connectivity index (χ1n) is 13.2. The molecule has 0 aliphatic rings. The van der Waals surface area contributed by atoms with Crippen LogP contribution in [0.5, 0.6) is 5.75 Å². The number of nitrogens with zero attached hydrogens (tertiary/aromatic N) is 1. The summed E-state index contributed by atoms with van der Waals surface area (Å²) in [6.07, 6.45) is 0.884. The molecule has 0 aliphatic heterocycles. The van der Waals surface area contributed by atoms with Crippen LogP contribution in [0.2, 0.25) is 0 Å². The smallest absolute Gasteiger partial charge is 0.247 e. The predicted molar refractivity (Wildman–Crippen MR) is 153 cm³/mol. The van der Waals surface area contributed by atoms with E-state index in [1.54, 1.807) is 43.2 Å². The lowest BCUT2D eigenvalue weighted by Crippen LogP contribution is -2.43. The zero-order valence-corrected chi connectivity index (χ0v) is 23.7. The van der Waals surface area contributed by atoms with Crippen molar-refractivity contribution in [3.8, 4) is 5.75 Å². The summed E-state index contributed by atoms with van der Waals surface area (Å²) in [7, 11) is -1.99. The molecule has 3 N–H and O–H groups in total. The van der Waals surface area contributed by atoms with Crippen molar-refractivity contribution in [3.63, 3.8) is 0 Å². The van der Waals surface area contributed by atoms with Gasteiger partial charge in [0.1, 0.15) is 11.8 Å². The number of hydrogen-bond acceptors (Lipinski definition) is 6. The van der Waals surface area contributed by atoms with Crippen LogP contribution in [-0.2, 0) is 32.6 Å². The van der Waals surface area contributed by atoms with Crippen molar-refractivity contribution in [3.05, 3.63) is 95.6 Å². The number of aliphatic hydroxyl groups excluding tert-OH is 1. The molecular formula is C30H37N3O6S. The van der Waals surface area contributed by atoms with E-state index < -0.39 is 16.1 Å². The highest BCUT2D eigenvalue weighted by molar-refractivity contribution is 7.89. The zero-order valence-electron chi connectivity index (χ0n) is 22.9. The SMILES string of the molecule is CCNS(=O)(=O)c1ccc(CCC(=O)N(Cc2ccc(OC)cc2)[C@H](C(=O)NCCCO)c2ccccc2)cc1. The number of aryl methyl sites for hydroxylation is 1. The Labute approximate surface area is 236 Å². The number of sulfonamides is 1. The summed E-state index contributed by atoms with van der Waals surface area (Å²) >= 11 is 0. The summed E-state index contributed by atoms with van der Waals surface area (Å²) in [5.74, 6) is 0.119. The van der Waals surface area contributed by atoms with Gasteiger partial charge < -0.3 is 20.1 Å². The Hall–Kier alpha value is -3.73. The van der Waals surface area contributed by atoms with Gasteiger partial charge in [0.05, 0.1) is 12.0 Å². The molecule has 0 bridgehead atoms. The molecule has 0 saturated heterocycles. The minimum Gasteiger partial charge on any atom is -0.497 e. The van der Waals surface area contributed by atoms with Crippen LogP contribution < -0.4 is 14.8 Å². The zero-order chi connectivity index (χ0) is 29.0. The highest BCUT2D eigenvalue weighted by atomic mass is 32.2. The van der Waals surface area contributed by atoms with Crippen LogP contribution in [0.4, 0.5) is 0 Å². The molecule has 0 radical (unpaired) electrons. The molecule has 0 fully saturated rings. The van der Waals surface area contributed by atoms with E-state index >= 15 is 0 Å². The van der Waals surface area contributed by atoms with Crippen LogP contribution in [0, 0.1) is 0 Å². The van der Waals surface area contributed by atoms with Crippen molar-refractivity contribution in [1.82, 2.24) is 14.9 Å². The molecule has 40 heavy (non-hydrogen) atoms. The summed E-state index contributed by atoms with van der Waals surface area (Å²) in [4.78, 5) is 29.0. The van der Waals surface area contributed by atoms with E-state index in [2.05, 4.69) is 10.0 Å². The number of rotatable bonds is 15. The van der Waals surface area contributed by atoms with Crippen LogP contribution in [0.3, 0.4) is 0 Å². The molecule has 0 aliphatic carbocycles. The van der Waals surface area contributed by atoms with Gasteiger partial charge in [0.2, 0.25) is 21.8 Å². The van der Waals surface area contributed by atoms with Crippen LogP contribution in [-0.4, -0.2) is 57.0 Å². The van der Waals surface area contributed by atoms with Crippen LogP contribution in [0.1, 0.15) is 42.5 Å².